The van der Waals surface area contributed by atoms with Crippen LogP contribution in [0, 0.1) is 0 Å². The summed E-state index contributed by atoms with van der Waals surface area (Å²) < 4.78 is 0. The number of aromatic nitrogens is 2. The second-order valence-corrected chi connectivity index (χ2v) is 6.42. The first kappa shape index (κ1) is 15.8. The fourth-order valence-electron chi connectivity index (χ4n) is 3.43. The predicted molar refractivity (Wildman–Crippen MR) is 96.4 cm³/mol. The first-order valence-corrected chi connectivity index (χ1v) is 8.45. The van der Waals surface area contributed by atoms with Crippen molar-refractivity contribution in [1.82, 2.24) is 20.0 Å². The van der Waals surface area contributed by atoms with Crippen LogP contribution in [0.3, 0.4) is 0 Å². The molecule has 8 nitrogen and oxygen atoms in total. The number of hydrogen-bond donors (Lipinski definition) is 2. The second-order valence-electron chi connectivity index (χ2n) is 6.42. The highest BCUT2D eigenvalue weighted by Crippen LogP contribution is 2.31. The van der Waals surface area contributed by atoms with Crippen molar-refractivity contribution < 1.29 is 4.79 Å². The Bertz CT molecular complexity index is 919. The van der Waals surface area contributed by atoms with E-state index in [9.17, 15) is 9.59 Å². The molecular weight excluding hydrogens is 320 g/mol. The maximum absolute atomic E-state index is 11.9. The van der Waals surface area contributed by atoms with Crippen LogP contribution in [0.5, 0.6) is 0 Å². The molecule has 1 aromatic heterocycles. The smallest absolute Gasteiger partial charge is 0.272 e. The summed E-state index contributed by atoms with van der Waals surface area (Å²) >= 11 is 0. The van der Waals surface area contributed by atoms with Crippen molar-refractivity contribution in [2.45, 2.75) is 13.3 Å². The van der Waals surface area contributed by atoms with Crippen molar-refractivity contribution in [3.05, 3.63) is 28.6 Å². The summed E-state index contributed by atoms with van der Waals surface area (Å²) in [6.45, 7) is 5.54. The molecule has 0 spiro atoms. The third-order valence-corrected chi connectivity index (χ3v) is 4.72. The van der Waals surface area contributed by atoms with Crippen LogP contribution in [0.4, 0.5) is 11.5 Å². The van der Waals surface area contributed by atoms with Gasteiger partial charge in [-0.25, -0.2) is 10.1 Å². The summed E-state index contributed by atoms with van der Waals surface area (Å²) in [6, 6.07) is 5.56. The van der Waals surface area contributed by atoms with Gasteiger partial charge in [0.25, 0.3) is 5.56 Å². The maximum Gasteiger partial charge on any atom is 0.272 e. The van der Waals surface area contributed by atoms with Crippen molar-refractivity contribution in [3.8, 4) is 0 Å². The topological polar surface area (TPSA) is 93.7 Å². The van der Waals surface area contributed by atoms with E-state index in [-0.39, 0.29) is 11.5 Å². The number of carbonyl (C=O) groups excluding carboxylic acids is 1. The number of rotatable bonds is 2. The van der Waals surface area contributed by atoms with Gasteiger partial charge in [-0.15, -0.1) is 0 Å². The summed E-state index contributed by atoms with van der Waals surface area (Å²) in [4.78, 5) is 32.2. The molecule has 3 heterocycles. The lowest BCUT2D eigenvalue weighted by Crippen LogP contribution is -2.37. The molecule has 8 heteroatoms. The molecule has 25 heavy (non-hydrogen) atoms. The minimum atomic E-state index is -0.210. The molecule has 1 saturated heterocycles. The Balaban J connectivity index is 1.56. The lowest BCUT2D eigenvalue weighted by Gasteiger charge is -2.24. The minimum Gasteiger partial charge on any atom is -0.342 e. The van der Waals surface area contributed by atoms with E-state index < -0.39 is 0 Å². The van der Waals surface area contributed by atoms with E-state index in [0.717, 1.165) is 49.5 Å². The molecule has 0 radical (unpaired) electrons. The van der Waals surface area contributed by atoms with Gasteiger partial charge in [0.05, 0.1) is 23.0 Å². The number of H-pyrrole nitrogens is 1. The van der Waals surface area contributed by atoms with Crippen LogP contribution in [0.2, 0.25) is 0 Å². The molecule has 2 aliphatic heterocycles. The third-order valence-electron chi connectivity index (χ3n) is 4.72. The number of carbonyl (C=O) groups is 1. The number of nitrogens with one attached hydrogen (secondary N) is 2. The summed E-state index contributed by atoms with van der Waals surface area (Å²) in [6.07, 6.45) is 0.949. The Morgan fingerprint density at radius 2 is 2.12 bits per heavy atom. The standard InChI is InChI=1S/C17H20N6O2/c1-11(24)23-7-3-6-22(8-9-23)10-14-18-13-5-2-4-12-15(13)16(19-14)20-21-17(12)25/h2,4-5H,3,6-10H2,1H3,(H,21,25)(H,18,19,20). The van der Waals surface area contributed by atoms with Crippen LogP contribution < -0.4 is 10.9 Å². The monoisotopic (exact) mass is 340 g/mol. The van der Waals surface area contributed by atoms with Crippen LogP contribution >= 0.6 is 0 Å². The molecule has 1 fully saturated rings. The zero-order valence-corrected chi connectivity index (χ0v) is 14.1. The molecule has 1 amide bonds. The number of aliphatic imine (C=N–C) groups is 1. The summed E-state index contributed by atoms with van der Waals surface area (Å²) in [5.74, 6) is 1.47. The molecule has 0 saturated carbocycles. The fraction of sp³-hybridized carbons (Fsp3) is 0.412. The van der Waals surface area contributed by atoms with E-state index in [0.29, 0.717) is 17.7 Å². The Morgan fingerprint density at radius 1 is 1.24 bits per heavy atom. The highest BCUT2D eigenvalue weighted by molar-refractivity contribution is 6.12. The second kappa shape index (κ2) is 6.29. The molecule has 2 aromatic rings. The molecule has 130 valence electrons. The highest BCUT2D eigenvalue weighted by Gasteiger charge is 2.21. The molecular formula is C17H20N6O2. The van der Waals surface area contributed by atoms with E-state index >= 15 is 0 Å². The number of aromatic amines is 1. The van der Waals surface area contributed by atoms with E-state index in [1.165, 1.54) is 0 Å². The number of amides is 1. The van der Waals surface area contributed by atoms with Crippen molar-refractivity contribution >= 4 is 34.0 Å². The van der Waals surface area contributed by atoms with Crippen LogP contribution in [-0.2, 0) is 4.79 Å². The molecule has 0 aliphatic carbocycles. The number of amidine groups is 1. The van der Waals surface area contributed by atoms with E-state index in [1.54, 1.807) is 13.0 Å². The maximum atomic E-state index is 11.9. The van der Waals surface area contributed by atoms with Gasteiger partial charge >= 0.3 is 0 Å². The molecule has 0 bridgehead atoms. The van der Waals surface area contributed by atoms with E-state index in [2.05, 4.69) is 25.4 Å². The summed E-state index contributed by atoms with van der Waals surface area (Å²) in [7, 11) is 0. The SMILES string of the molecule is CC(=O)N1CCCN(CC2=Nc3n[nH]c(=O)c4cccc(c34)N2)CC1. The molecule has 0 atom stereocenters. The Hall–Kier alpha value is -2.74. The van der Waals surface area contributed by atoms with Gasteiger partial charge in [-0.05, 0) is 18.6 Å². The Labute approximate surface area is 144 Å². The van der Waals surface area contributed by atoms with Gasteiger partial charge in [0.15, 0.2) is 5.82 Å². The van der Waals surface area contributed by atoms with E-state index in [1.807, 2.05) is 17.0 Å². The fourth-order valence-corrected chi connectivity index (χ4v) is 3.43. The van der Waals surface area contributed by atoms with Crippen molar-refractivity contribution in [2.75, 3.05) is 38.0 Å². The van der Waals surface area contributed by atoms with Crippen molar-refractivity contribution in [1.29, 1.82) is 0 Å². The number of nitrogens with zero attached hydrogens (tertiary/aromatic N) is 4. The van der Waals surface area contributed by atoms with E-state index in [4.69, 9.17) is 0 Å². The van der Waals surface area contributed by atoms with Gasteiger partial charge in [0.1, 0.15) is 5.84 Å². The number of hydrogen-bond acceptors (Lipinski definition) is 6. The van der Waals surface area contributed by atoms with Gasteiger partial charge in [-0.1, -0.05) is 6.07 Å². The van der Waals surface area contributed by atoms with Gasteiger partial charge in [0, 0.05) is 33.1 Å². The van der Waals surface area contributed by atoms with Crippen molar-refractivity contribution in [2.24, 2.45) is 4.99 Å². The van der Waals surface area contributed by atoms with Crippen LogP contribution in [0.25, 0.3) is 10.8 Å². The van der Waals surface area contributed by atoms with Gasteiger partial charge in [-0.2, -0.15) is 5.10 Å². The van der Waals surface area contributed by atoms with Gasteiger partial charge < -0.3 is 10.2 Å². The van der Waals surface area contributed by atoms with Gasteiger partial charge in [-0.3, -0.25) is 14.5 Å². The van der Waals surface area contributed by atoms with Crippen molar-refractivity contribution in [3.63, 3.8) is 0 Å². The molecule has 4 rings (SSSR count). The minimum absolute atomic E-state index is 0.128. The number of benzene rings is 1. The van der Waals surface area contributed by atoms with Crippen LogP contribution in [0.1, 0.15) is 13.3 Å². The first-order valence-electron chi connectivity index (χ1n) is 8.45. The molecule has 1 aromatic carbocycles. The normalized spacial score (nSPS) is 17.8. The first-order chi connectivity index (χ1) is 12.1. The number of anilines is 1. The van der Waals surface area contributed by atoms with Gasteiger partial charge in [0.2, 0.25) is 5.91 Å². The zero-order valence-electron chi connectivity index (χ0n) is 14.1. The quantitative estimate of drug-likeness (QED) is 0.848. The lowest BCUT2D eigenvalue weighted by molar-refractivity contribution is -0.128. The Morgan fingerprint density at radius 3 is 2.96 bits per heavy atom. The lowest BCUT2D eigenvalue weighted by atomic mass is 10.1. The summed E-state index contributed by atoms with van der Waals surface area (Å²) in [5.41, 5.74) is 0.647. The average molecular weight is 340 g/mol. The highest BCUT2D eigenvalue weighted by atomic mass is 16.2. The largest absolute Gasteiger partial charge is 0.342 e. The molecule has 2 aliphatic rings. The Kier molecular flexibility index (Phi) is 3.96. The average Bonchev–Trinajstić information content (AvgIpc) is 2.84. The summed E-state index contributed by atoms with van der Waals surface area (Å²) in [5, 5.41) is 11.3. The van der Waals surface area contributed by atoms with Crippen LogP contribution in [-0.4, -0.2) is 64.5 Å². The van der Waals surface area contributed by atoms with Crippen LogP contribution in [0.15, 0.2) is 28.0 Å². The third kappa shape index (κ3) is 3.00. The molecule has 0 unspecified atom stereocenters. The zero-order chi connectivity index (χ0) is 17.4. The predicted octanol–water partition coefficient (Wildman–Crippen LogP) is 0.933. The molecule has 2 N–H and O–H groups in total.